The Morgan fingerprint density at radius 1 is 0.943 bits per heavy atom. The molecule has 184 valence electrons. The van der Waals surface area contributed by atoms with Crippen LogP contribution in [-0.2, 0) is 26.2 Å². The van der Waals surface area contributed by atoms with Crippen LogP contribution in [0.2, 0.25) is 0 Å². The van der Waals surface area contributed by atoms with E-state index in [1.54, 1.807) is 49.4 Å². The van der Waals surface area contributed by atoms with Gasteiger partial charge in [0.1, 0.15) is 18.4 Å². The van der Waals surface area contributed by atoms with Crippen molar-refractivity contribution in [1.82, 2.24) is 10.2 Å². The van der Waals surface area contributed by atoms with Gasteiger partial charge in [-0.1, -0.05) is 48.0 Å². The van der Waals surface area contributed by atoms with Crippen LogP contribution in [-0.4, -0.2) is 44.8 Å². The quantitative estimate of drug-likeness (QED) is 0.490. The first-order valence-electron chi connectivity index (χ1n) is 11.0. The Hall–Kier alpha value is -3.72. The fourth-order valence-corrected chi connectivity index (χ4v) is 4.95. The number of sulfonamides is 1. The minimum absolute atomic E-state index is 0.000902. The van der Waals surface area contributed by atoms with Crippen LogP contribution in [0.5, 0.6) is 0 Å². The molecule has 0 aliphatic carbocycles. The van der Waals surface area contributed by atoms with Crippen LogP contribution in [0, 0.1) is 12.7 Å². The molecule has 0 aliphatic rings. The van der Waals surface area contributed by atoms with E-state index in [9.17, 15) is 22.4 Å². The van der Waals surface area contributed by atoms with E-state index < -0.39 is 40.2 Å². The van der Waals surface area contributed by atoms with Gasteiger partial charge < -0.3 is 10.2 Å². The van der Waals surface area contributed by atoms with E-state index in [0.717, 1.165) is 9.87 Å². The average molecular weight is 498 g/mol. The van der Waals surface area contributed by atoms with E-state index in [0.29, 0.717) is 11.3 Å². The number of aryl methyl sites for hydroxylation is 1. The summed E-state index contributed by atoms with van der Waals surface area (Å²) >= 11 is 0. The largest absolute Gasteiger partial charge is 0.357 e. The van der Waals surface area contributed by atoms with Gasteiger partial charge in [0.15, 0.2) is 0 Å². The Bertz CT molecular complexity index is 1260. The third-order valence-electron chi connectivity index (χ3n) is 5.61. The normalized spacial score (nSPS) is 12.0. The smallest absolute Gasteiger partial charge is 0.264 e. The van der Waals surface area contributed by atoms with Crippen molar-refractivity contribution in [3.8, 4) is 0 Å². The SMILES string of the molecule is CNC(=O)[C@@H](C)N(Cc1ccc(F)cc1)C(=O)CN(c1ccccc1)S(=O)(=O)c1ccc(C)cc1. The maximum Gasteiger partial charge on any atom is 0.264 e. The number of hydrogen-bond acceptors (Lipinski definition) is 4. The first-order chi connectivity index (χ1) is 16.6. The van der Waals surface area contributed by atoms with Crippen LogP contribution in [0.4, 0.5) is 10.1 Å². The third kappa shape index (κ3) is 6.24. The summed E-state index contributed by atoms with van der Waals surface area (Å²) in [5.41, 5.74) is 1.81. The maximum absolute atomic E-state index is 13.6. The van der Waals surface area contributed by atoms with Crippen LogP contribution in [0.3, 0.4) is 0 Å². The van der Waals surface area contributed by atoms with Crippen molar-refractivity contribution >= 4 is 27.5 Å². The predicted molar refractivity (Wildman–Crippen MR) is 133 cm³/mol. The predicted octanol–water partition coefficient (Wildman–Crippen LogP) is 3.49. The van der Waals surface area contributed by atoms with Gasteiger partial charge in [-0.25, -0.2) is 12.8 Å². The molecule has 0 unspecified atom stereocenters. The lowest BCUT2D eigenvalue weighted by atomic mass is 10.1. The van der Waals surface area contributed by atoms with Crippen LogP contribution in [0.15, 0.2) is 83.8 Å². The first kappa shape index (κ1) is 25.9. The van der Waals surface area contributed by atoms with Crippen LogP contribution in [0.25, 0.3) is 0 Å². The van der Waals surface area contributed by atoms with Crippen molar-refractivity contribution in [2.75, 3.05) is 17.9 Å². The highest BCUT2D eigenvalue weighted by Crippen LogP contribution is 2.24. The van der Waals surface area contributed by atoms with Gasteiger partial charge in [-0.2, -0.15) is 0 Å². The van der Waals surface area contributed by atoms with Crippen molar-refractivity contribution in [3.63, 3.8) is 0 Å². The van der Waals surface area contributed by atoms with Gasteiger partial charge in [-0.15, -0.1) is 0 Å². The van der Waals surface area contributed by atoms with Crippen molar-refractivity contribution < 1.29 is 22.4 Å². The molecule has 9 heteroatoms. The number of benzene rings is 3. The number of hydrogen-bond donors (Lipinski definition) is 1. The number of para-hydroxylation sites is 1. The van der Waals surface area contributed by atoms with Gasteiger partial charge in [0.05, 0.1) is 10.6 Å². The van der Waals surface area contributed by atoms with Gasteiger partial charge >= 0.3 is 0 Å². The fraction of sp³-hybridized carbons (Fsp3) is 0.231. The summed E-state index contributed by atoms with van der Waals surface area (Å²) in [5, 5.41) is 2.52. The number of carbonyl (C=O) groups excluding carboxylic acids is 2. The zero-order chi connectivity index (χ0) is 25.6. The molecule has 0 heterocycles. The number of anilines is 1. The summed E-state index contributed by atoms with van der Waals surface area (Å²) in [7, 11) is -2.64. The number of amides is 2. The number of nitrogens with one attached hydrogen (secondary N) is 1. The van der Waals surface area contributed by atoms with Gasteiger partial charge in [-0.3, -0.25) is 13.9 Å². The van der Waals surface area contributed by atoms with E-state index in [4.69, 9.17) is 0 Å². The lowest BCUT2D eigenvalue weighted by Crippen LogP contribution is -2.50. The Balaban J connectivity index is 1.99. The topological polar surface area (TPSA) is 86.8 Å². The zero-order valence-electron chi connectivity index (χ0n) is 19.8. The molecule has 0 spiro atoms. The number of nitrogens with zero attached hydrogens (tertiary/aromatic N) is 2. The summed E-state index contributed by atoms with van der Waals surface area (Å²) in [6, 6.07) is 19.4. The molecule has 0 aromatic heterocycles. The van der Waals surface area contributed by atoms with E-state index in [2.05, 4.69) is 5.32 Å². The summed E-state index contributed by atoms with van der Waals surface area (Å²) in [5.74, 6) is -1.41. The average Bonchev–Trinajstić information content (AvgIpc) is 2.86. The Labute approximate surface area is 205 Å². The molecule has 7 nitrogen and oxygen atoms in total. The fourth-order valence-electron chi connectivity index (χ4n) is 3.54. The van der Waals surface area contributed by atoms with E-state index >= 15 is 0 Å². The first-order valence-corrected chi connectivity index (χ1v) is 12.5. The number of carbonyl (C=O) groups is 2. The summed E-state index contributed by atoms with van der Waals surface area (Å²) in [6.07, 6.45) is 0. The molecule has 35 heavy (non-hydrogen) atoms. The van der Waals surface area contributed by atoms with Crippen molar-refractivity contribution in [2.45, 2.75) is 31.3 Å². The molecule has 3 aromatic carbocycles. The summed E-state index contributed by atoms with van der Waals surface area (Å²) in [6.45, 7) is 2.88. The van der Waals surface area contributed by atoms with Gasteiger partial charge in [0.2, 0.25) is 11.8 Å². The molecule has 0 fully saturated rings. The van der Waals surface area contributed by atoms with Crippen molar-refractivity contribution in [2.24, 2.45) is 0 Å². The van der Waals surface area contributed by atoms with Gasteiger partial charge in [0.25, 0.3) is 10.0 Å². The Morgan fingerprint density at radius 3 is 2.11 bits per heavy atom. The molecule has 3 aromatic rings. The van der Waals surface area contributed by atoms with E-state index in [-0.39, 0.29) is 11.4 Å². The highest BCUT2D eigenvalue weighted by molar-refractivity contribution is 7.92. The van der Waals surface area contributed by atoms with Crippen LogP contribution < -0.4 is 9.62 Å². The molecule has 2 amide bonds. The summed E-state index contributed by atoms with van der Waals surface area (Å²) in [4.78, 5) is 27.3. The minimum atomic E-state index is -4.09. The van der Waals surface area contributed by atoms with E-state index in [1.807, 2.05) is 6.92 Å². The summed E-state index contributed by atoms with van der Waals surface area (Å²) < 4.78 is 41.6. The Morgan fingerprint density at radius 2 is 1.54 bits per heavy atom. The minimum Gasteiger partial charge on any atom is -0.357 e. The molecule has 3 rings (SSSR count). The number of rotatable bonds is 9. The monoisotopic (exact) mass is 497 g/mol. The lowest BCUT2D eigenvalue weighted by Gasteiger charge is -2.31. The molecule has 1 N–H and O–H groups in total. The molecule has 0 saturated carbocycles. The lowest BCUT2D eigenvalue weighted by molar-refractivity contribution is -0.139. The molecule has 0 radical (unpaired) electrons. The van der Waals surface area contributed by atoms with E-state index in [1.165, 1.54) is 48.3 Å². The molecule has 0 aliphatic heterocycles. The molecule has 0 saturated heterocycles. The highest BCUT2D eigenvalue weighted by atomic mass is 32.2. The standard InChI is InChI=1S/C26H28FN3O4S/c1-19-9-15-24(16-10-19)35(33,34)30(23-7-5-4-6-8-23)18-25(31)29(20(2)26(32)28-3)17-21-11-13-22(27)14-12-21/h4-16,20H,17-18H2,1-3H3,(H,28,32)/t20-/m1/s1. The van der Waals surface area contributed by atoms with Crippen LogP contribution >= 0.6 is 0 Å². The second-order valence-corrected chi connectivity index (χ2v) is 9.96. The Kier molecular flexibility index (Phi) is 8.24. The number of halogens is 1. The second-order valence-electron chi connectivity index (χ2n) is 8.10. The maximum atomic E-state index is 13.6. The zero-order valence-corrected chi connectivity index (χ0v) is 20.6. The highest BCUT2D eigenvalue weighted by Gasteiger charge is 2.32. The number of likely N-dealkylation sites (N-methyl/N-ethyl adjacent to an activating group) is 1. The molecular weight excluding hydrogens is 469 g/mol. The van der Waals surface area contributed by atoms with Gasteiger partial charge in [-0.05, 0) is 55.8 Å². The molecule has 1 atom stereocenters. The molecule has 0 bridgehead atoms. The molecular formula is C26H28FN3O4S. The van der Waals surface area contributed by atoms with Crippen molar-refractivity contribution in [3.05, 3.63) is 95.8 Å². The van der Waals surface area contributed by atoms with Crippen LogP contribution in [0.1, 0.15) is 18.1 Å². The third-order valence-corrected chi connectivity index (χ3v) is 7.40. The van der Waals surface area contributed by atoms with Crippen molar-refractivity contribution in [1.29, 1.82) is 0 Å². The van der Waals surface area contributed by atoms with Gasteiger partial charge in [0, 0.05) is 13.6 Å². The second kappa shape index (κ2) is 11.1.